The fourth-order valence-electron chi connectivity index (χ4n) is 1.92. The minimum absolute atomic E-state index is 0.0589. The summed E-state index contributed by atoms with van der Waals surface area (Å²) >= 11 is 0. The number of hydrogen-bond donors (Lipinski definition) is 0. The van der Waals surface area contributed by atoms with E-state index in [4.69, 9.17) is 0 Å². The van der Waals surface area contributed by atoms with Crippen LogP contribution in [0, 0.1) is 0 Å². The molecular weight excluding hydrogens is 222 g/mol. The Hall–Kier alpha value is -2.09. The molecule has 0 N–H and O–H groups in total. The number of hydrogen-bond acceptors (Lipinski definition) is 1. The number of carbonyl (C=O) groups excluding carboxylic acids is 1. The lowest BCUT2D eigenvalue weighted by Crippen LogP contribution is -2.31. The van der Waals surface area contributed by atoms with Gasteiger partial charge in [-0.05, 0) is 30.7 Å². The lowest BCUT2D eigenvalue weighted by Gasteiger charge is -2.22. The Morgan fingerprint density at radius 2 is 1.50 bits per heavy atom. The lowest BCUT2D eigenvalue weighted by atomic mass is 10.1. The average Bonchev–Trinajstić information content (AvgIpc) is 2.46. The maximum atomic E-state index is 12.5. The first-order valence-electron chi connectivity index (χ1n) is 6.25. The van der Waals surface area contributed by atoms with Gasteiger partial charge in [0.25, 0.3) is 5.91 Å². The van der Waals surface area contributed by atoms with Crippen LogP contribution in [0.4, 0.5) is 5.69 Å². The molecule has 2 nitrogen and oxygen atoms in total. The summed E-state index contributed by atoms with van der Waals surface area (Å²) in [7, 11) is 0. The molecule has 0 spiro atoms. The summed E-state index contributed by atoms with van der Waals surface area (Å²) in [5, 5.41) is 0. The van der Waals surface area contributed by atoms with E-state index in [9.17, 15) is 4.79 Å². The molecule has 0 radical (unpaired) electrons. The van der Waals surface area contributed by atoms with Crippen LogP contribution >= 0.6 is 0 Å². The van der Waals surface area contributed by atoms with Crippen LogP contribution in [0.5, 0.6) is 0 Å². The van der Waals surface area contributed by atoms with Gasteiger partial charge in [-0.15, -0.1) is 0 Å². The zero-order valence-electron chi connectivity index (χ0n) is 10.5. The van der Waals surface area contributed by atoms with Crippen molar-refractivity contribution in [2.24, 2.45) is 0 Å². The quantitative estimate of drug-likeness (QED) is 0.795. The Balaban J connectivity index is 2.29. The molecule has 92 valence electrons. The number of amides is 1. The van der Waals surface area contributed by atoms with Gasteiger partial charge in [0.1, 0.15) is 0 Å². The van der Waals surface area contributed by atoms with E-state index in [0.29, 0.717) is 0 Å². The summed E-state index contributed by atoms with van der Waals surface area (Å²) in [5.74, 6) is 0.0589. The Morgan fingerprint density at radius 3 is 2.06 bits per heavy atom. The predicted molar refractivity (Wildman–Crippen MR) is 74.9 cm³/mol. The van der Waals surface area contributed by atoms with Crippen molar-refractivity contribution in [2.75, 3.05) is 11.4 Å². The molecule has 0 aliphatic rings. The Kier molecular flexibility index (Phi) is 4.13. The van der Waals surface area contributed by atoms with Crippen molar-refractivity contribution in [1.29, 1.82) is 0 Å². The minimum Gasteiger partial charge on any atom is -0.308 e. The van der Waals surface area contributed by atoms with Gasteiger partial charge in [-0.2, -0.15) is 0 Å². The van der Waals surface area contributed by atoms with Crippen LogP contribution in [0.1, 0.15) is 23.7 Å². The first kappa shape index (κ1) is 12.4. The van der Waals surface area contributed by atoms with Gasteiger partial charge < -0.3 is 4.90 Å². The molecule has 0 aliphatic heterocycles. The van der Waals surface area contributed by atoms with Gasteiger partial charge in [-0.1, -0.05) is 43.3 Å². The fourth-order valence-corrected chi connectivity index (χ4v) is 1.92. The van der Waals surface area contributed by atoms with Crippen molar-refractivity contribution in [1.82, 2.24) is 0 Å². The number of rotatable bonds is 4. The molecule has 2 rings (SSSR count). The van der Waals surface area contributed by atoms with E-state index in [-0.39, 0.29) is 5.91 Å². The van der Waals surface area contributed by atoms with Gasteiger partial charge in [0.05, 0.1) is 0 Å². The van der Waals surface area contributed by atoms with E-state index in [1.54, 1.807) is 0 Å². The second-order valence-corrected chi connectivity index (χ2v) is 4.16. The molecule has 0 heterocycles. The highest BCUT2D eigenvalue weighted by Crippen LogP contribution is 2.17. The highest BCUT2D eigenvalue weighted by molar-refractivity contribution is 6.06. The van der Waals surface area contributed by atoms with E-state index in [1.807, 2.05) is 65.6 Å². The highest BCUT2D eigenvalue weighted by Gasteiger charge is 2.15. The molecule has 0 saturated carbocycles. The van der Waals surface area contributed by atoms with Gasteiger partial charge >= 0.3 is 0 Å². The molecule has 0 aliphatic carbocycles. The van der Waals surface area contributed by atoms with E-state index in [2.05, 4.69) is 6.92 Å². The molecular formula is C16H17NO. The van der Waals surface area contributed by atoms with Crippen molar-refractivity contribution < 1.29 is 4.79 Å². The molecule has 0 aromatic heterocycles. The van der Waals surface area contributed by atoms with Gasteiger partial charge in [-0.3, -0.25) is 4.79 Å². The smallest absolute Gasteiger partial charge is 0.258 e. The number of carbonyl (C=O) groups is 1. The SMILES string of the molecule is CCCN(C(=O)c1ccccc1)c1ccccc1. The van der Waals surface area contributed by atoms with E-state index >= 15 is 0 Å². The normalized spacial score (nSPS) is 10.1. The molecule has 1 amide bonds. The number of anilines is 1. The van der Waals surface area contributed by atoms with Crippen LogP contribution in [-0.2, 0) is 0 Å². The van der Waals surface area contributed by atoms with Gasteiger partial charge in [-0.25, -0.2) is 0 Å². The first-order chi connectivity index (χ1) is 8.83. The fraction of sp³-hybridized carbons (Fsp3) is 0.188. The van der Waals surface area contributed by atoms with Gasteiger partial charge in [0.15, 0.2) is 0 Å². The molecule has 0 fully saturated rings. The topological polar surface area (TPSA) is 20.3 Å². The summed E-state index contributed by atoms with van der Waals surface area (Å²) in [4.78, 5) is 14.3. The molecule has 18 heavy (non-hydrogen) atoms. The molecule has 0 unspecified atom stereocenters. The molecule has 2 aromatic carbocycles. The van der Waals surface area contributed by atoms with Crippen LogP contribution in [0.3, 0.4) is 0 Å². The first-order valence-corrected chi connectivity index (χ1v) is 6.25. The summed E-state index contributed by atoms with van der Waals surface area (Å²) in [6, 6.07) is 19.2. The molecule has 0 bridgehead atoms. The van der Waals surface area contributed by atoms with Crippen LogP contribution in [0.2, 0.25) is 0 Å². The molecule has 2 heteroatoms. The second kappa shape index (κ2) is 6.01. The lowest BCUT2D eigenvalue weighted by molar-refractivity contribution is 0.0987. The molecule has 2 aromatic rings. The highest BCUT2D eigenvalue weighted by atomic mass is 16.2. The third kappa shape index (κ3) is 2.77. The van der Waals surface area contributed by atoms with Crippen molar-refractivity contribution in [3.63, 3.8) is 0 Å². The van der Waals surface area contributed by atoms with E-state index in [0.717, 1.165) is 24.2 Å². The van der Waals surface area contributed by atoms with Crippen LogP contribution in [0.25, 0.3) is 0 Å². The van der Waals surface area contributed by atoms with Crippen molar-refractivity contribution >= 4 is 11.6 Å². The molecule has 0 saturated heterocycles. The minimum atomic E-state index is 0.0589. The Bertz CT molecular complexity index is 493. The monoisotopic (exact) mass is 239 g/mol. The van der Waals surface area contributed by atoms with E-state index < -0.39 is 0 Å². The third-order valence-electron chi connectivity index (χ3n) is 2.78. The number of para-hydroxylation sites is 1. The van der Waals surface area contributed by atoms with Gasteiger partial charge in [0, 0.05) is 17.8 Å². The van der Waals surface area contributed by atoms with Crippen molar-refractivity contribution in [2.45, 2.75) is 13.3 Å². The largest absolute Gasteiger partial charge is 0.308 e. The standard InChI is InChI=1S/C16H17NO/c1-2-13-17(15-11-7-4-8-12-15)16(18)14-9-5-3-6-10-14/h3-12H,2,13H2,1H3. The van der Waals surface area contributed by atoms with Crippen LogP contribution in [0.15, 0.2) is 60.7 Å². The Labute approximate surface area is 108 Å². The maximum Gasteiger partial charge on any atom is 0.258 e. The van der Waals surface area contributed by atoms with Crippen LogP contribution in [-0.4, -0.2) is 12.5 Å². The summed E-state index contributed by atoms with van der Waals surface area (Å²) < 4.78 is 0. The summed E-state index contributed by atoms with van der Waals surface area (Å²) in [6.45, 7) is 2.81. The number of nitrogens with zero attached hydrogens (tertiary/aromatic N) is 1. The zero-order valence-corrected chi connectivity index (χ0v) is 10.5. The Morgan fingerprint density at radius 1 is 0.944 bits per heavy atom. The summed E-state index contributed by atoms with van der Waals surface area (Å²) in [5.41, 5.74) is 1.68. The van der Waals surface area contributed by atoms with Crippen LogP contribution < -0.4 is 4.90 Å². The van der Waals surface area contributed by atoms with Crippen molar-refractivity contribution in [3.8, 4) is 0 Å². The maximum absolute atomic E-state index is 12.5. The zero-order chi connectivity index (χ0) is 12.8. The third-order valence-corrected chi connectivity index (χ3v) is 2.78. The molecule has 0 atom stereocenters. The van der Waals surface area contributed by atoms with E-state index in [1.165, 1.54) is 0 Å². The second-order valence-electron chi connectivity index (χ2n) is 4.16. The number of benzene rings is 2. The predicted octanol–water partition coefficient (Wildman–Crippen LogP) is 3.74. The van der Waals surface area contributed by atoms with Gasteiger partial charge in [0.2, 0.25) is 0 Å². The summed E-state index contributed by atoms with van der Waals surface area (Å²) in [6.07, 6.45) is 0.938. The van der Waals surface area contributed by atoms with Crippen molar-refractivity contribution in [3.05, 3.63) is 66.2 Å². The average molecular weight is 239 g/mol.